The summed E-state index contributed by atoms with van der Waals surface area (Å²) in [6, 6.07) is 6.25. The van der Waals surface area contributed by atoms with Gasteiger partial charge in [-0.3, -0.25) is 4.90 Å². The van der Waals surface area contributed by atoms with Crippen molar-refractivity contribution in [3.63, 3.8) is 0 Å². The lowest BCUT2D eigenvalue weighted by atomic mass is 10.1. The van der Waals surface area contributed by atoms with Gasteiger partial charge in [0.05, 0.1) is 19.3 Å². The Morgan fingerprint density at radius 1 is 1.21 bits per heavy atom. The molecule has 0 saturated carbocycles. The molecule has 2 heterocycles. The standard InChI is InChI=1S/C15H21FN2O/c1-2-12-3-4-13(9-15(12)16)17-5-7-18(8-6-17)14-10-19-11-14/h3-4,9,14H,2,5-8,10-11H2,1H3. The van der Waals surface area contributed by atoms with Crippen LogP contribution in [-0.2, 0) is 11.2 Å². The third kappa shape index (κ3) is 2.60. The van der Waals surface area contributed by atoms with Crippen molar-refractivity contribution < 1.29 is 9.13 Å². The van der Waals surface area contributed by atoms with Crippen molar-refractivity contribution in [2.24, 2.45) is 0 Å². The van der Waals surface area contributed by atoms with Crippen molar-refractivity contribution in [3.05, 3.63) is 29.6 Å². The summed E-state index contributed by atoms with van der Waals surface area (Å²) in [5.41, 5.74) is 1.81. The van der Waals surface area contributed by atoms with E-state index in [0.29, 0.717) is 6.04 Å². The second-order valence-electron chi connectivity index (χ2n) is 5.34. The lowest BCUT2D eigenvalue weighted by molar-refractivity contribution is -0.0660. The molecule has 0 unspecified atom stereocenters. The number of rotatable bonds is 3. The minimum absolute atomic E-state index is 0.0742. The van der Waals surface area contributed by atoms with Gasteiger partial charge in [0.2, 0.25) is 0 Å². The van der Waals surface area contributed by atoms with Crippen LogP contribution in [0.5, 0.6) is 0 Å². The number of aryl methyl sites for hydroxylation is 1. The maximum Gasteiger partial charge on any atom is 0.128 e. The molecule has 0 bridgehead atoms. The van der Waals surface area contributed by atoms with Crippen LogP contribution in [0.4, 0.5) is 10.1 Å². The molecule has 4 heteroatoms. The third-order valence-corrected chi connectivity index (χ3v) is 4.23. The van der Waals surface area contributed by atoms with Crippen LogP contribution in [-0.4, -0.2) is 50.3 Å². The highest BCUT2D eigenvalue weighted by Crippen LogP contribution is 2.22. The van der Waals surface area contributed by atoms with Crippen molar-refractivity contribution in [1.29, 1.82) is 0 Å². The zero-order chi connectivity index (χ0) is 13.2. The van der Waals surface area contributed by atoms with Gasteiger partial charge in [-0.15, -0.1) is 0 Å². The van der Waals surface area contributed by atoms with E-state index in [9.17, 15) is 4.39 Å². The van der Waals surface area contributed by atoms with Gasteiger partial charge in [-0.05, 0) is 24.1 Å². The minimum atomic E-state index is -0.0742. The average Bonchev–Trinajstić information content (AvgIpc) is 2.37. The number of nitrogens with zero attached hydrogens (tertiary/aromatic N) is 2. The first-order valence-electron chi connectivity index (χ1n) is 7.13. The molecule has 3 rings (SSSR count). The molecular formula is C15H21FN2O. The Labute approximate surface area is 114 Å². The Kier molecular flexibility index (Phi) is 3.71. The summed E-state index contributed by atoms with van der Waals surface area (Å²) in [5, 5.41) is 0. The van der Waals surface area contributed by atoms with E-state index in [2.05, 4.69) is 9.80 Å². The summed E-state index contributed by atoms with van der Waals surface area (Å²) in [4.78, 5) is 4.76. The van der Waals surface area contributed by atoms with Gasteiger partial charge in [-0.1, -0.05) is 13.0 Å². The first-order valence-corrected chi connectivity index (χ1v) is 7.13. The van der Waals surface area contributed by atoms with Crippen LogP contribution in [0.3, 0.4) is 0 Å². The number of halogens is 1. The van der Waals surface area contributed by atoms with Crippen LogP contribution in [0.15, 0.2) is 18.2 Å². The Morgan fingerprint density at radius 2 is 1.95 bits per heavy atom. The van der Waals surface area contributed by atoms with Crippen LogP contribution in [0.25, 0.3) is 0 Å². The van der Waals surface area contributed by atoms with Crippen LogP contribution in [0, 0.1) is 5.82 Å². The molecule has 2 aliphatic heterocycles. The average molecular weight is 264 g/mol. The highest BCUT2D eigenvalue weighted by Gasteiger charge is 2.28. The van der Waals surface area contributed by atoms with E-state index in [1.807, 2.05) is 19.1 Å². The number of anilines is 1. The molecule has 0 atom stereocenters. The van der Waals surface area contributed by atoms with Gasteiger partial charge in [0.25, 0.3) is 0 Å². The predicted molar refractivity (Wildman–Crippen MR) is 74.2 cm³/mol. The largest absolute Gasteiger partial charge is 0.378 e. The van der Waals surface area contributed by atoms with Crippen LogP contribution in [0.1, 0.15) is 12.5 Å². The molecule has 0 aliphatic carbocycles. The lowest BCUT2D eigenvalue weighted by Crippen LogP contribution is -2.56. The molecule has 0 aromatic heterocycles. The summed E-state index contributed by atoms with van der Waals surface area (Å²) < 4.78 is 19.1. The quantitative estimate of drug-likeness (QED) is 0.829. The SMILES string of the molecule is CCc1ccc(N2CCN(C3COC3)CC2)cc1F. The highest BCUT2D eigenvalue weighted by atomic mass is 19.1. The van der Waals surface area contributed by atoms with Crippen molar-refractivity contribution in [2.45, 2.75) is 19.4 Å². The van der Waals surface area contributed by atoms with Crippen molar-refractivity contribution in [1.82, 2.24) is 4.90 Å². The molecule has 19 heavy (non-hydrogen) atoms. The topological polar surface area (TPSA) is 15.7 Å². The molecule has 104 valence electrons. The van der Waals surface area contributed by atoms with Crippen molar-refractivity contribution >= 4 is 5.69 Å². The van der Waals surface area contributed by atoms with E-state index in [0.717, 1.165) is 57.1 Å². The zero-order valence-corrected chi connectivity index (χ0v) is 11.4. The highest BCUT2D eigenvalue weighted by molar-refractivity contribution is 5.48. The van der Waals surface area contributed by atoms with Crippen LogP contribution < -0.4 is 4.90 Å². The van der Waals surface area contributed by atoms with Crippen molar-refractivity contribution in [2.75, 3.05) is 44.3 Å². The van der Waals surface area contributed by atoms with Gasteiger partial charge < -0.3 is 9.64 Å². The normalized spacial score (nSPS) is 21.5. The van der Waals surface area contributed by atoms with E-state index < -0.39 is 0 Å². The maximum absolute atomic E-state index is 13.8. The Hall–Kier alpha value is -1.13. The molecule has 1 aromatic carbocycles. The molecule has 0 amide bonds. The fourth-order valence-corrected chi connectivity index (χ4v) is 2.80. The molecular weight excluding hydrogens is 243 g/mol. The number of ether oxygens (including phenoxy) is 1. The predicted octanol–water partition coefficient (Wildman–Crippen LogP) is 1.91. The molecule has 2 saturated heterocycles. The Morgan fingerprint density at radius 3 is 2.47 bits per heavy atom. The third-order valence-electron chi connectivity index (χ3n) is 4.23. The molecule has 2 aliphatic rings. The minimum Gasteiger partial charge on any atom is -0.378 e. The molecule has 0 spiro atoms. The second-order valence-corrected chi connectivity index (χ2v) is 5.34. The van der Waals surface area contributed by atoms with E-state index >= 15 is 0 Å². The molecule has 1 aromatic rings. The lowest BCUT2D eigenvalue weighted by Gasteiger charge is -2.43. The van der Waals surface area contributed by atoms with Crippen LogP contribution in [0.2, 0.25) is 0 Å². The van der Waals surface area contributed by atoms with E-state index in [4.69, 9.17) is 4.74 Å². The Balaban J connectivity index is 1.62. The van der Waals surface area contributed by atoms with Gasteiger partial charge in [-0.25, -0.2) is 4.39 Å². The van der Waals surface area contributed by atoms with E-state index in [1.165, 1.54) is 0 Å². The summed E-state index contributed by atoms with van der Waals surface area (Å²) in [6.07, 6.45) is 0.752. The number of hydrogen-bond donors (Lipinski definition) is 0. The number of benzene rings is 1. The van der Waals surface area contributed by atoms with E-state index in [-0.39, 0.29) is 5.82 Å². The van der Waals surface area contributed by atoms with Crippen molar-refractivity contribution in [3.8, 4) is 0 Å². The summed E-state index contributed by atoms with van der Waals surface area (Å²) in [6.45, 7) is 7.77. The van der Waals surface area contributed by atoms with E-state index in [1.54, 1.807) is 6.07 Å². The monoisotopic (exact) mass is 264 g/mol. The summed E-state index contributed by atoms with van der Waals surface area (Å²) >= 11 is 0. The Bertz CT molecular complexity index is 440. The van der Waals surface area contributed by atoms with Gasteiger partial charge in [0, 0.05) is 31.9 Å². The molecule has 0 radical (unpaired) electrons. The second kappa shape index (κ2) is 5.47. The molecule has 3 nitrogen and oxygen atoms in total. The maximum atomic E-state index is 13.8. The van der Waals surface area contributed by atoms with Gasteiger partial charge in [0.15, 0.2) is 0 Å². The smallest absolute Gasteiger partial charge is 0.128 e. The van der Waals surface area contributed by atoms with Gasteiger partial charge in [-0.2, -0.15) is 0 Å². The summed E-state index contributed by atoms with van der Waals surface area (Å²) in [7, 11) is 0. The summed E-state index contributed by atoms with van der Waals surface area (Å²) in [5.74, 6) is -0.0742. The first kappa shape index (κ1) is 12.9. The van der Waals surface area contributed by atoms with Crippen LogP contribution >= 0.6 is 0 Å². The fourth-order valence-electron chi connectivity index (χ4n) is 2.80. The first-order chi connectivity index (χ1) is 9.28. The van der Waals surface area contributed by atoms with Gasteiger partial charge >= 0.3 is 0 Å². The zero-order valence-electron chi connectivity index (χ0n) is 11.4. The number of piperazine rings is 1. The van der Waals surface area contributed by atoms with Gasteiger partial charge in [0.1, 0.15) is 5.82 Å². The number of hydrogen-bond acceptors (Lipinski definition) is 3. The molecule has 0 N–H and O–H groups in total. The molecule has 2 fully saturated rings. The fraction of sp³-hybridized carbons (Fsp3) is 0.600.